The molecular weight excluding hydrogens is 430 g/mol. The topological polar surface area (TPSA) is 142 Å². The number of nitrogens with one attached hydrogen (secondary N) is 3. The molecule has 0 unspecified atom stereocenters. The summed E-state index contributed by atoms with van der Waals surface area (Å²) in [6.07, 6.45) is 0. The first-order chi connectivity index (χ1) is 14.3. The van der Waals surface area contributed by atoms with Crippen molar-refractivity contribution in [2.24, 2.45) is 0 Å². The fraction of sp³-hybridized carbons (Fsp3) is 0.105. The number of carbonyl (C=O) groups is 3. The molecule has 0 saturated carbocycles. The number of aliphatic carboxylic acids is 1. The second-order valence-electron chi connectivity index (χ2n) is 6.12. The van der Waals surface area contributed by atoms with Gasteiger partial charge in [-0.1, -0.05) is 24.3 Å². The molecule has 1 heterocycles. The lowest BCUT2D eigenvalue weighted by atomic mass is 10.1. The highest BCUT2D eigenvalue weighted by atomic mass is 32.2. The van der Waals surface area contributed by atoms with E-state index >= 15 is 0 Å². The molecule has 30 heavy (non-hydrogen) atoms. The Morgan fingerprint density at radius 3 is 2.53 bits per heavy atom. The van der Waals surface area contributed by atoms with E-state index in [0.717, 1.165) is 10.1 Å². The van der Waals surface area contributed by atoms with Crippen molar-refractivity contribution in [3.8, 4) is 0 Å². The number of sulfonamides is 1. The first-order valence-electron chi connectivity index (χ1n) is 8.62. The van der Waals surface area contributed by atoms with Gasteiger partial charge in [-0.05, 0) is 24.3 Å². The maximum atomic E-state index is 12.4. The molecule has 0 fully saturated rings. The van der Waals surface area contributed by atoms with Crippen LogP contribution in [0.25, 0.3) is 10.1 Å². The lowest BCUT2D eigenvalue weighted by molar-refractivity contribution is -0.135. The monoisotopic (exact) mass is 447 g/mol. The maximum absolute atomic E-state index is 12.4. The van der Waals surface area contributed by atoms with Gasteiger partial charge in [0.05, 0.1) is 17.0 Å². The van der Waals surface area contributed by atoms with E-state index in [1.807, 2.05) is 29.0 Å². The van der Waals surface area contributed by atoms with Gasteiger partial charge in [-0.25, -0.2) is 8.42 Å². The number of anilines is 1. The second-order valence-corrected chi connectivity index (χ2v) is 8.80. The first-order valence-corrected chi connectivity index (χ1v) is 11.0. The van der Waals surface area contributed by atoms with Gasteiger partial charge < -0.3 is 15.7 Å². The lowest BCUT2D eigenvalue weighted by Gasteiger charge is -2.09. The highest BCUT2D eigenvalue weighted by Crippen LogP contribution is 2.25. The average Bonchev–Trinajstić information content (AvgIpc) is 3.15. The molecule has 0 aliphatic heterocycles. The zero-order valence-electron chi connectivity index (χ0n) is 15.4. The smallest absolute Gasteiger partial charge is 0.318 e. The fourth-order valence-electron chi connectivity index (χ4n) is 2.60. The number of carboxylic acids is 1. The van der Waals surface area contributed by atoms with E-state index in [9.17, 15) is 22.8 Å². The summed E-state index contributed by atoms with van der Waals surface area (Å²) in [4.78, 5) is 34.9. The quantitative estimate of drug-likeness (QED) is 0.414. The van der Waals surface area contributed by atoms with Crippen molar-refractivity contribution in [3.05, 3.63) is 59.5 Å². The van der Waals surface area contributed by atoms with Crippen LogP contribution in [0.4, 0.5) is 5.69 Å². The van der Waals surface area contributed by atoms with Gasteiger partial charge in [-0.3, -0.25) is 14.4 Å². The molecule has 0 radical (unpaired) electrons. The Balaban J connectivity index is 1.61. The molecule has 9 nitrogen and oxygen atoms in total. The molecule has 0 bridgehead atoms. The van der Waals surface area contributed by atoms with Crippen LogP contribution in [0.2, 0.25) is 0 Å². The van der Waals surface area contributed by atoms with Crippen LogP contribution in [-0.4, -0.2) is 44.4 Å². The number of hydrogen-bond acceptors (Lipinski definition) is 6. The molecule has 11 heteroatoms. The van der Waals surface area contributed by atoms with Crippen molar-refractivity contribution in [3.63, 3.8) is 0 Å². The molecule has 2 aromatic carbocycles. The normalized spacial score (nSPS) is 11.2. The summed E-state index contributed by atoms with van der Waals surface area (Å²) in [6, 6.07) is 12.8. The fourth-order valence-corrected chi connectivity index (χ4v) is 4.56. The Bertz CT molecular complexity index is 1220. The average molecular weight is 447 g/mol. The molecule has 0 atom stereocenters. The largest absolute Gasteiger partial charge is 0.480 e. The van der Waals surface area contributed by atoms with E-state index in [1.54, 1.807) is 5.38 Å². The van der Waals surface area contributed by atoms with Crippen LogP contribution in [0.5, 0.6) is 0 Å². The zero-order chi connectivity index (χ0) is 21.7. The number of fused-ring (bicyclic) bond motifs is 1. The minimum atomic E-state index is -4.04. The minimum absolute atomic E-state index is 0.188. The Kier molecular flexibility index (Phi) is 6.45. The molecule has 156 valence electrons. The van der Waals surface area contributed by atoms with E-state index in [0.29, 0.717) is 5.56 Å². The maximum Gasteiger partial charge on any atom is 0.318 e. The number of amides is 2. The highest BCUT2D eigenvalue weighted by Gasteiger charge is 2.17. The summed E-state index contributed by atoms with van der Waals surface area (Å²) in [5.74, 6) is -2.26. The van der Waals surface area contributed by atoms with Crippen molar-refractivity contribution < 1.29 is 27.9 Å². The standard InChI is InChI=1S/C19H17N3O6S2/c23-17(9-20-19(26)15-11-29-16-7-2-1-6-14(15)16)22-12-4-3-5-13(8-12)30(27,28)21-10-18(24)25/h1-8,11,21H,9-10H2,(H,20,26)(H,22,23)(H,24,25). The van der Waals surface area contributed by atoms with Gasteiger partial charge in [0.1, 0.15) is 6.54 Å². The molecule has 3 rings (SSSR count). The predicted molar refractivity (Wildman–Crippen MR) is 112 cm³/mol. The molecule has 0 aliphatic rings. The van der Waals surface area contributed by atoms with Gasteiger partial charge in [0.25, 0.3) is 5.91 Å². The zero-order valence-corrected chi connectivity index (χ0v) is 17.0. The minimum Gasteiger partial charge on any atom is -0.480 e. The third-order valence-electron chi connectivity index (χ3n) is 3.98. The van der Waals surface area contributed by atoms with Gasteiger partial charge in [0.15, 0.2) is 0 Å². The molecule has 4 N–H and O–H groups in total. The van der Waals surface area contributed by atoms with Gasteiger partial charge in [-0.15, -0.1) is 11.3 Å². The number of rotatable bonds is 8. The number of thiophene rings is 1. The molecule has 2 amide bonds. The molecular formula is C19H17N3O6S2. The summed E-state index contributed by atoms with van der Waals surface area (Å²) in [5, 5.41) is 16.2. The van der Waals surface area contributed by atoms with Gasteiger partial charge in [-0.2, -0.15) is 4.72 Å². The van der Waals surface area contributed by atoms with E-state index in [1.165, 1.54) is 35.6 Å². The van der Waals surface area contributed by atoms with Crippen LogP contribution in [0.15, 0.2) is 58.8 Å². The van der Waals surface area contributed by atoms with Crippen molar-refractivity contribution in [1.29, 1.82) is 0 Å². The number of carboxylic acid groups (broad SMARTS) is 1. The van der Waals surface area contributed by atoms with Crippen molar-refractivity contribution in [2.75, 3.05) is 18.4 Å². The Hall–Kier alpha value is -3.28. The predicted octanol–water partition coefficient (Wildman–Crippen LogP) is 1.63. The summed E-state index contributed by atoms with van der Waals surface area (Å²) in [5.41, 5.74) is 0.662. The Morgan fingerprint density at radius 1 is 1.00 bits per heavy atom. The second kappa shape index (κ2) is 9.03. The molecule has 3 aromatic rings. The Labute approximate surface area is 175 Å². The summed E-state index contributed by atoms with van der Waals surface area (Å²) >= 11 is 1.43. The van der Waals surface area contributed by atoms with Gasteiger partial charge in [0.2, 0.25) is 15.9 Å². The van der Waals surface area contributed by atoms with Gasteiger partial charge >= 0.3 is 5.97 Å². The third-order valence-corrected chi connectivity index (χ3v) is 6.34. The summed E-state index contributed by atoms with van der Waals surface area (Å²) in [6.45, 7) is -1.07. The van der Waals surface area contributed by atoms with E-state index < -0.39 is 34.4 Å². The molecule has 0 spiro atoms. The third kappa shape index (κ3) is 5.20. The Morgan fingerprint density at radius 2 is 1.77 bits per heavy atom. The highest BCUT2D eigenvalue weighted by molar-refractivity contribution is 7.89. The number of carbonyl (C=O) groups excluding carboxylic acids is 2. The SMILES string of the molecule is O=C(O)CNS(=O)(=O)c1cccc(NC(=O)CNC(=O)c2csc3ccccc23)c1. The van der Waals surface area contributed by atoms with E-state index in [-0.39, 0.29) is 17.1 Å². The van der Waals surface area contributed by atoms with Crippen molar-refractivity contribution >= 4 is 54.9 Å². The summed E-state index contributed by atoms with van der Waals surface area (Å²) < 4.78 is 27.1. The van der Waals surface area contributed by atoms with Gasteiger partial charge in [0, 0.05) is 21.2 Å². The lowest BCUT2D eigenvalue weighted by Crippen LogP contribution is -2.33. The van der Waals surface area contributed by atoms with E-state index in [4.69, 9.17) is 5.11 Å². The van der Waals surface area contributed by atoms with Crippen LogP contribution in [-0.2, 0) is 19.6 Å². The summed E-state index contributed by atoms with van der Waals surface area (Å²) in [7, 11) is -4.04. The first kappa shape index (κ1) is 21.4. The number of hydrogen-bond donors (Lipinski definition) is 4. The van der Waals surface area contributed by atoms with Crippen LogP contribution in [0.3, 0.4) is 0 Å². The van der Waals surface area contributed by atoms with Crippen molar-refractivity contribution in [1.82, 2.24) is 10.0 Å². The molecule has 0 saturated heterocycles. The van der Waals surface area contributed by atoms with E-state index in [2.05, 4.69) is 10.6 Å². The number of benzene rings is 2. The van der Waals surface area contributed by atoms with Crippen LogP contribution in [0.1, 0.15) is 10.4 Å². The van der Waals surface area contributed by atoms with Crippen molar-refractivity contribution in [2.45, 2.75) is 4.90 Å². The molecule has 1 aromatic heterocycles. The molecule has 0 aliphatic carbocycles. The van der Waals surface area contributed by atoms with Crippen LogP contribution >= 0.6 is 11.3 Å². The van der Waals surface area contributed by atoms with Crippen LogP contribution in [0, 0.1) is 0 Å². The van der Waals surface area contributed by atoms with Crippen LogP contribution < -0.4 is 15.4 Å².